The van der Waals surface area contributed by atoms with Crippen molar-refractivity contribution in [1.82, 2.24) is 10.2 Å². The predicted molar refractivity (Wildman–Crippen MR) is 76.9 cm³/mol. The Morgan fingerprint density at radius 1 is 1.41 bits per heavy atom. The van der Waals surface area contributed by atoms with Crippen molar-refractivity contribution in [2.75, 3.05) is 7.05 Å². The number of amides is 3. The Morgan fingerprint density at radius 2 is 2.00 bits per heavy atom. The molecule has 0 aliphatic carbocycles. The molecule has 1 saturated heterocycles. The molecule has 0 bridgehead atoms. The van der Waals surface area contributed by atoms with Crippen molar-refractivity contribution in [3.05, 3.63) is 36.5 Å². The molecule has 0 saturated carbocycles. The Morgan fingerprint density at radius 3 is 2.45 bits per heavy atom. The molecule has 1 heterocycles. The average Bonchev–Trinajstić information content (AvgIpc) is 2.64. The second-order valence-corrected chi connectivity index (χ2v) is 4.06. The van der Waals surface area contributed by atoms with Gasteiger partial charge in [0, 0.05) is 91.7 Å². The van der Waals surface area contributed by atoms with E-state index in [2.05, 4.69) is 24.6 Å². The third kappa shape index (κ3) is 5.32. The molecule has 0 aromatic carbocycles. The van der Waals surface area contributed by atoms with E-state index >= 15 is 0 Å². The van der Waals surface area contributed by atoms with E-state index < -0.39 is 23.8 Å². The molecule has 22 heavy (non-hydrogen) atoms. The summed E-state index contributed by atoms with van der Waals surface area (Å²) in [6, 6.07) is -1.04. The molecule has 1 aliphatic rings. The number of likely N-dealkylation sites (N-methyl/N-ethyl adjacent to an activating group) is 1. The van der Waals surface area contributed by atoms with Crippen LogP contribution in [0.3, 0.4) is 0 Å². The van der Waals surface area contributed by atoms with Gasteiger partial charge in [0.15, 0.2) is 5.91 Å². The summed E-state index contributed by atoms with van der Waals surface area (Å²) in [5, 5.41) is 2.37. The summed E-state index contributed by atoms with van der Waals surface area (Å²) >= 11 is 0. The van der Waals surface area contributed by atoms with Gasteiger partial charge in [-0.25, -0.2) is 0 Å². The van der Waals surface area contributed by atoms with E-state index in [4.69, 9.17) is 0 Å². The number of allylic oxidation sites excluding steroid dienone is 2. The Kier molecular flexibility index (Phi) is 12.8. The van der Waals surface area contributed by atoms with Gasteiger partial charge in [0.1, 0.15) is 12.3 Å². The van der Waals surface area contributed by atoms with Crippen molar-refractivity contribution >= 4 is 69.5 Å². The van der Waals surface area contributed by atoms with E-state index in [9.17, 15) is 19.2 Å². The fourth-order valence-electron chi connectivity index (χ4n) is 1.90. The maximum atomic E-state index is 12.2. The van der Waals surface area contributed by atoms with Crippen molar-refractivity contribution in [3.63, 3.8) is 0 Å². The Bertz CT molecular complexity index is 531. The SMILES string of the molecule is C=C[C-]=C1C(=C)C(=O)N(C(CCC=O)C(=O)NC)C1=O.[Sr].[Y]. The molecule has 3 amide bonds. The van der Waals surface area contributed by atoms with E-state index in [0.717, 1.165) is 4.90 Å². The number of rotatable bonds is 6. The van der Waals surface area contributed by atoms with Crippen LogP contribution >= 0.6 is 0 Å². The standard InChI is InChI=1S/C14H15N2O4.Sr.Y/c1-4-6-10-9(2)13(19)16(14(10)20)11(7-5-8-17)12(18)15-3;;/h4,8,11H,1-2,5,7H2,3H3,(H,15,18);;/q-1;;. The molecule has 1 N–H and O–H groups in total. The normalized spacial score (nSPS) is 16.7. The predicted octanol–water partition coefficient (Wildman–Crippen LogP) is -0.463. The molecule has 0 aromatic heterocycles. The van der Waals surface area contributed by atoms with Crippen LogP contribution in [-0.2, 0) is 51.9 Å². The number of carbonyl (C=O) groups is 4. The van der Waals surface area contributed by atoms with E-state index in [1.54, 1.807) is 0 Å². The summed E-state index contributed by atoms with van der Waals surface area (Å²) in [5.74, 6) is -1.82. The van der Waals surface area contributed by atoms with Gasteiger partial charge >= 0.3 is 0 Å². The van der Waals surface area contributed by atoms with Crippen LogP contribution in [0.4, 0.5) is 0 Å². The van der Waals surface area contributed by atoms with Crippen LogP contribution in [0.2, 0.25) is 0 Å². The number of imide groups is 1. The maximum Gasteiger partial charge on any atom is 0.242 e. The first-order valence-corrected chi connectivity index (χ1v) is 5.96. The Labute approximate surface area is 191 Å². The summed E-state index contributed by atoms with van der Waals surface area (Å²) < 4.78 is 0. The van der Waals surface area contributed by atoms with Crippen LogP contribution in [0.1, 0.15) is 12.8 Å². The molecule has 6 nitrogen and oxygen atoms in total. The summed E-state index contributed by atoms with van der Waals surface area (Å²) in [7, 11) is 1.39. The largest absolute Gasteiger partial charge is 0.357 e. The first-order chi connectivity index (χ1) is 9.49. The molecule has 0 spiro atoms. The fourth-order valence-corrected chi connectivity index (χ4v) is 1.90. The monoisotopic (exact) mass is 452 g/mol. The number of likely N-dealkylation sites (tertiary alicyclic amines) is 1. The number of aldehydes is 1. The molecule has 1 fully saturated rings. The van der Waals surface area contributed by atoms with Crippen molar-refractivity contribution < 1.29 is 51.9 Å². The zero-order valence-electron chi connectivity index (χ0n) is 12.4. The Balaban J connectivity index is 0. The maximum absolute atomic E-state index is 12.2. The van der Waals surface area contributed by atoms with E-state index in [1.165, 1.54) is 13.1 Å². The van der Waals surface area contributed by atoms with Gasteiger partial charge in [-0.15, -0.1) is 12.7 Å². The first-order valence-electron chi connectivity index (χ1n) is 5.96. The number of nitrogens with zero attached hydrogens (tertiary/aromatic N) is 1. The van der Waals surface area contributed by atoms with Gasteiger partial charge in [0.2, 0.25) is 11.8 Å². The van der Waals surface area contributed by atoms with Gasteiger partial charge < -0.3 is 19.8 Å². The quantitative estimate of drug-likeness (QED) is 0.195. The van der Waals surface area contributed by atoms with Crippen molar-refractivity contribution in [1.29, 1.82) is 0 Å². The fraction of sp³-hybridized carbons (Fsp3) is 0.286. The van der Waals surface area contributed by atoms with Crippen LogP contribution in [-0.4, -0.2) is 87.5 Å². The van der Waals surface area contributed by atoms with Crippen molar-refractivity contribution in [2.45, 2.75) is 18.9 Å². The van der Waals surface area contributed by atoms with Crippen molar-refractivity contribution in [3.8, 4) is 0 Å². The van der Waals surface area contributed by atoms with Gasteiger partial charge in [0.25, 0.3) is 0 Å². The second kappa shape index (κ2) is 11.6. The summed E-state index contributed by atoms with van der Waals surface area (Å²) in [5.41, 5.74) is -0.0417. The number of hydrogen-bond donors (Lipinski definition) is 1. The minimum Gasteiger partial charge on any atom is -0.357 e. The van der Waals surface area contributed by atoms with Gasteiger partial charge in [-0.3, -0.25) is 9.59 Å². The molecule has 1 unspecified atom stereocenters. The molecular formula is C14H15N2O4SrY-. The van der Waals surface area contributed by atoms with Crippen LogP contribution < -0.4 is 5.32 Å². The molecule has 111 valence electrons. The smallest absolute Gasteiger partial charge is 0.242 e. The topological polar surface area (TPSA) is 83.6 Å². The molecule has 1 rings (SSSR count). The molecule has 3 radical (unpaired) electrons. The zero-order valence-corrected chi connectivity index (χ0v) is 18.7. The van der Waals surface area contributed by atoms with Crippen molar-refractivity contribution in [2.24, 2.45) is 0 Å². The average molecular weight is 452 g/mol. The minimum absolute atomic E-state index is 0. The molecule has 0 aromatic rings. The molecule has 1 aliphatic heterocycles. The van der Waals surface area contributed by atoms with Gasteiger partial charge in [-0.2, -0.15) is 12.7 Å². The molecule has 1 atom stereocenters. The van der Waals surface area contributed by atoms with Gasteiger partial charge in [0.05, 0.1) is 0 Å². The third-order valence-electron chi connectivity index (χ3n) is 2.88. The van der Waals surface area contributed by atoms with E-state index in [-0.39, 0.29) is 102 Å². The van der Waals surface area contributed by atoms with Gasteiger partial charge in [-0.1, -0.05) is 5.57 Å². The van der Waals surface area contributed by atoms with Crippen LogP contribution in [0, 0.1) is 6.08 Å². The van der Waals surface area contributed by atoms with Crippen LogP contribution in [0.15, 0.2) is 30.4 Å². The third-order valence-corrected chi connectivity index (χ3v) is 2.88. The van der Waals surface area contributed by atoms with Gasteiger partial charge in [-0.05, 0) is 12.0 Å². The molecular weight excluding hydrogens is 437 g/mol. The number of carbonyl (C=O) groups excluding carboxylic acids is 4. The first kappa shape index (κ1) is 24.3. The summed E-state index contributed by atoms with van der Waals surface area (Å²) in [6.45, 7) is 6.93. The second-order valence-electron chi connectivity index (χ2n) is 4.06. The van der Waals surface area contributed by atoms with Crippen LogP contribution in [0.25, 0.3) is 0 Å². The van der Waals surface area contributed by atoms with Crippen LogP contribution in [0.5, 0.6) is 0 Å². The summed E-state index contributed by atoms with van der Waals surface area (Å²) in [6.07, 6.45) is 4.54. The summed E-state index contributed by atoms with van der Waals surface area (Å²) in [4.78, 5) is 47.3. The minimum atomic E-state index is -1.04. The Hall–Kier alpha value is 0.0844. The van der Waals surface area contributed by atoms with E-state index in [1.807, 2.05) is 0 Å². The van der Waals surface area contributed by atoms with E-state index in [0.29, 0.717) is 6.29 Å². The number of nitrogens with one attached hydrogen (secondary N) is 1. The molecule has 8 heteroatoms. The zero-order chi connectivity index (χ0) is 15.3. The number of hydrogen-bond acceptors (Lipinski definition) is 4.